The van der Waals surface area contributed by atoms with E-state index in [9.17, 15) is 5.11 Å². The standard InChI is InChI=1S/C15H30N2O/c1-12(2)16-10-15(3,18)11-17-8-13-5-4-6-14(7-13)9-17/h12-14,16,18H,4-11H2,1-3H3. The first-order valence-electron chi connectivity index (χ1n) is 7.63. The van der Waals surface area contributed by atoms with Gasteiger partial charge in [0.2, 0.25) is 0 Å². The number of rotatable bonds is 5. The van der Waals surface area contributed by atoms with Crippen molar-refractivity contribution in [2.45, 2.75) is 58.1 Å². The lowest BCUT2D eigenvalue weighted by Gasteiger charge is -2.43. The summed E-state index contributed by atoms with van der Waals surface area (Å²) < 4.78 is 0. The van der Waals surface area contributed by atoms with E-state index in [2.05, 4.69) is 24.1 Å². The summed E-state index contributed by atoms with van der Waals surface area (Å²) >= 11 is 0. The van der Waals surface area contributed by atoms with Gasteiger partial charge in [-0.25, -0.2) is 0 Å². The van der Waals surface area contributed by atoms with Gasteiger partial charge in [0.05, 0.1) is 5.60 Å². The summed E-state index contributed by atoms with van der Waals surface area (Å²) in [5.74, 6) is 1.79. The minimum atomic E-state index is -0.601. The molecule has 1 aliphatic carbocycles. The van der Waals surface area contributed by atoms with Crippen LogP contribution < -0.4 is 5.32 Å². The Kier molecular flexibility index (Phi) is 4.68. The van der Waals surface area contributed by atoms with Crippen LogP contribution in [0.4, 0.5) is 0 Å². The molecule has 1 heterocycles. The van der Waals surface area contributed by atoms with Gasteiger partial charge in [0.1, 0.15) is 0 Å². The molecule has 1 saturated carbocycles. The van der Waals surface area contributed by atoms with Gasteiger partial charge in [0.25, 0.3) is 0 Å². The zero-order valence-corrected chi connectivity index (χ0v) is 12.3. The molecule has 0 aromatic carbocycles. The van der Waals surface area contributed by atoms with Crippen molar-refractivity contribution in [2.24, 2.45) is 11.8 Å². The number of fused-ring (bicyclic) bond motifs is 2. The number of aliphatic hydroxyl groups is 1. The van der Waals surface area contributed by atoms with Crippen molar-refractivity contribution in [2.75, 3.05) is 26.2 Å². The molecule has 2 bridgehead atoms. The van der Waals surface area contributed by atoms with Crippen molar-refractivity contribution in [1.29, 1.82) is 0 Å². The first kappa shape index (κ1) is 14.3. The molecular formula is C15H30N2O. The van der Waals surface area contributed by atoms with E-state index in [0.717, 1.165) is 18.4 Å². The van der Waals surface area contributed by atoms with Crippen molar-refractivity contribution in [1.82, 2.24) is 10.2 Å². The first-order valence-corrected chi connectivity index (χ1v) is 7.63. The summed E-state index contributed by atoms with van der Waals surface area (Å²) in [4.78, 5) is 2.50. The molecule has 2 N–H and O–H groups in total. The summed E-state index contributed by atoms with van der Waals surface area (Å²) in [6.45, 7) is 10.1. The number of nitrogens with one attached hydrogen (secondary N) is 1. The first-order chi connectivity index (χ1) is 8.44. The molecule has 18 heavy (non-hydrogen) atoms. The van der Waals surface area contributed by atoms with Gasteiger partial charge in [-0.1, -0.05) is 20.3 Å². The molecule has 3 heteroatoms. The third kappa shape index (κ3) is 4.22. The number of nitrogens with zero attached hydrogens (tertiary/aromatic N) is 1. The highest BCUT2D eigenvalue weighted by Gasteiger charge is 2.33. The van der Waals surface area contributed by atoms with Gasteiger partial charge in [-0.3, -0.25) is 4.90 Å². The average Bonchev–Trinajstić information content (AvgIpc) is 2.25. The highest BCUT2D eigenvalue weighted by molar-refractivity contribution is 4.88. The molecule has 3 atom stereocenters. The van der Waals surface area contributed by atoms with Gasteiger partial charge in [-0.2, -0.15) is 0 Å². The summed E-state index contributed by atoms with van der Waals surface area (Å²) in [6, 6.07) is 0.442. The second kappa shape index (κ2) is 5.89. The van der Waals surface area contributed by atoms with E-state index >= 15 is 0 Å². The van der Waals surface area contributed by atoms with Crippen molar-refractivity contribution < 1.29 is 5.11 Å². The van der Waals surface area contributed by atoms with E-state index in [1.807, 2.05) is 6.92 Å². The van der Waals surface area contributed by atoms with Crippen molar-refractivity contribution in [3.8, 4) is 0 Å². The average molecular weight is 254 g/mol. The second-order valence-corrected chi connectivity index (χ2v) is 7.13. The summed E-state index contributed by atoms with van der Waals surface area (Å²) in [7, 11) is 0. The third-order valence-corrected chi connectivity index (χ3v) is 4.38. The van der Waals surface area contributed by atoms with E-state index < -0.39 is 5.60 Å². The van der Waals surface area contributed by atoms with Gasteiger partial charge >= 0.3 is 0 Å². The van der Waals surface area contributed by atoms with E-state index in [4.69, 9.17) is 0 Å². The molecule has 106 valence electrons. The van der Waals surface area contributed by atoms with Crippen LogP contribution in [0.3, 0.4) is 0 Å². The highest BCUT2D eigenvalue weighted by atomic mass is 16.3. The SMILES string of the molecule is CC(C)NCC(C)(O)CN1CC2CCCC(C2)C1. The Morgan fingerprint density at radius 3 is 2.44 bits per heavy atom. The molecule has 0 aromatic heterocycles. The van der Waals surface area contributed by atoms with Gasteiger partial charge < -0.3 is 10.4 Å². The number of hydrogen-bond acceptors (Lipinski definition) is 3. The maximum absolute atomic E-state index is 10.5. The molecule has 0 radical (unpaired) electrons. The molecule has 1 saturated heterocycles. The van der Waals surface area contributed by atoms with Crippen LogP contribution in [-0.2, 0) is 0 Å². The Morgan fingerprint density at radius 2 is 1.89 bits per heavy atom. The third-order valence-electron chi connectivity index (χ3n) is 4.38. The Morgan fingerprint density at radius 1 is 1.28 bits per heavy atom. The predicted octanol–water partition coefficient (Wildman–Crippen LogP) is 1.86. The van der Waals surface area contributed by atoms with E-state index in [0.29, 0.717) is 12.6 Å². The molecule has 2 aliphatic rings. The van der Waals surface area contributed by atoms with Crippen molar-refractivity contribution in [3.05, 3.63) is 0 Å². The zero-order valence-electron chi connectivity index (χ0n) is 12.3. The fourth-order valence-corrected chi connectivity index (χ4v) is 3.63. The molecule has 0 aromatic rings. The lowest BCUT2D eigenvalue weighted by atomic mass is 9.77. The van der Waals surface area contributed by atoms with Gasteiger partial charge in [0, 0.05) is 32.2 Å². The molecule has 0 spiro atoms. The Hall–Kier alpha value is -0.120. The highest BCUT2D eigenvalue weighted by Crippen LogP contribution is 2.34. The summed E-state index contributed by atoms with van der Waals surface area (Å²) in [6.07, 6.45) is 5.66. The lowest BCUT2D eigenvalue weighted by molar-refractivity contribution is -0.0115. The van der Waals surface area contributed by atoms with Crippen LogP contribution in [0.2, 0.25) is 0 Å². The van der Waals surface area contributed by atoms with Crippen LogP contribution >= 0.6 is 0 Å². The molecule has 3 unspecified atom stereocenters. The quantitative estimate of drug-likeness (QED) is 0.786. The monoisotopic (exact) mass is 254 g/mol. The van der Waals surface area contributed by atoms with Crippen molar-refractivity contribution in [3.63, 3.8) is 0 Å². The van der Waals surface area contributed by atoms with Crippen LogP contribution in [-0.4, -0.2) is 47.8 Å². The maximum Gasteiger partial charge on any atom is 0.0869 e. The van der Waals surface area contributed by atoms with Crippen LogP contribution in [0.5, 0.6) is 0 Å². The normalized spacial score (nSPS) is 32.5. The Labute approximate surface area is 112 Å². The molecule has 2 fully saturated rings. The fraction of sp³-hybridized carbons (Fsp3) is 1.00. The van der Waals surface area contributed by atoms with E-state index in [-0.39, 0.29) is 0 Å². The molecule has 1 aliphatic heterocycles. The van der Waals surface area contributed by atoms with Crippen LogP contribution in [0.25, 0.3) is 0 Å². The predicted molar refractivity (Wildman–Crippen MR) is 75.7 cm³/mol. The lowest BCUT2D eigenvalue weighted by Crippen LogP contribution is -2.53. The zero-order chi connectivity index (χ0) is 13.2. The summed E-state index contributed by atoms with van der Waals surface area (Å²) in [5, 5.41) is 13.8. The Balaban J connectivity index is 1.81. The number of hydrogen-bond donors (Lipinski definition) is 2. The largest absolute Gasteiger partial charge is 0.388 e. The van der Waals surface area contributed by atoms with E-state index in [1.54, 1.807) is 0 Å². The second-order valence-electron chi connectivity index (χ2n) is 7.13. The molecular weight excluding hydrogens is 224 g/mol. The number of β-amino-alcohol motifs (C(OH)–C–C–N with tert-alkyl or cyclic N) is 1. The topological polar surface area (TPSA) is 35.5 Å². The minimum Gasteiger partial charge on any atom is -0.388 e. The van der Waals surface area contributed by atoms with Crippen LogP contribution in [0.15, 0.2) is 0 Å². The minimum absolute atomic E-state index is 0.442. The fourth-order valence-electron chi connectivity index (χ4n) is 3.63. The number of likely N-dealkylation sites (tertiary alicyclic amines) is 1. The summed E-state index contributed by atoms with van der Waals surface area (Å²) in [5.41, 5.74) is -0.601. The molecule has 2 rings (SSSR count). The van der Waals surface area contributed by atoms with Gasteiger partial charge in [-0.05, 0) is 38.0 Å². The van der Waals surface area contributed by atoms with Gasteiger partial charge in [0.15, 0.2) is 0 Å². The van der Waals surface area contributed by atoms with Crippen molar-refractivity contribution >= 4 is 0 Å². The Bertz CT molecular complexity index is 253. The van der Waals surface area contributed by atoms with Crippen LogP contribution in [0, 0.1) is 11.8 Å². The molecule has 0 amide bonds. The smallest absolute Gasteiger partial charge is 0.0869 e. The maximum atomic E-state index is 10.5. The molecule has 3 nitrogen and oxygen atoms in total. The number of piperidine rings is 1. The van der Waals surface area contributed by atoms with E-state index in [1.165, 1.54) is 38.8 Å². The van der Waals surface area contributed by atoms with Crippen LogP contribution in [0.1, 0.15) is 46.5 Å². The van der Waals surface area contributed by atoms with Gasteiger partial charge in [-0.15, -0.1) is 0 Å².